The van der Waals surface area contributed by atoms with Gasteiger partial charge in [0.25, 0.3) is 0 Å². The van der Waals surface area contributed by atoms with Gasteiger partial charge in [0, 0.05) is 11.1 Å². The Morgan fingerprint density at radius 1 is 0.640 bits per heavy atom. The summed E-state index contributed by atoms with van der Waals surface area (Å²) in [5.41, 5.74) is 3.93. The number of ether oxygens (including phenoxy) is 1. The third-order valence-electron chi connectivity index (χ3n) is 4.42. The van der Waals surface area contributed by atoms with Crippen LogP contribution in [0.1, 0.15) is 23.6 Å². The van der Waals surface area contributed by atoms with E-state index in [2.05, 4.69) is 73.7 Å². The maximum atomic E-state index is 5.87. The minimum absolute atomic E-state index is 0.612. The van der Waals surface area contributed by atoms with Gasteiger partial charge >= 0.3 is 0 Å². The summed E-state index contributed by atoms with van der Waals surface area (Å²) in [6.45, 7) is 6.06. The lowest BCUT2D eigenvalue weighted by Crippen LogP contribution is -3.09. The molecule has 128 valence electrons. The first kappa shape index (κ1) is 17.2. The Hall–Kier alpha value is -2.58. The summed E-state index contributed by atoms with van der Waals surface area (Å²) in [5, 5.41) is 0. The van der Waals surface area contributed by atoms with Crippen molar-refractivity contribution in [2.24, 2.45) is 0 Å². The summed E-state index contributed by atoms with van der Waals surface area (Å²) in [6.07, 6.45) is 0. The van der Waals surface area contributed by atoms with Crippen molar-refractivity contribution in [3.05, 3.63) is 102 Å². The van der Waals surface area contributed by atoms with Crippen LogP contribution in [-0.2, 0) is 19.7 Å². The first-order valence-corrected chi connectivity index (χ1v) is 8.96. The van der Waals surface area contributed by atoms with E-state index in [9.17, 15) is 0 Å². The predicted molar refractivity (Wildman–Crippen MR) is 103 cm³/mol. The maximum absolute atomic E-state index is 5.87. The summed E-state index contributed by atoms with van der Waals surface area (Å²) >= 11 is 0. The third kappa shape index (κ3) is 5.47. The maximum Gasteiger partial charge on any atom is 0.119 e. The largest absolute Gasteiger partial charge is 0.489 e. The van der Waals surface area contributed by atoms with Crippen LogP contribution < -0.4 is 9.64 Å². The van der Waals surface area contributed by atoms with Crippen LogP contribution in [0.4, 0.5) is 0 Å². The van der Waals surface area contributed by atoms with Gasteiger partial charge in [0.2, 0.25) is 0 Å². The lowest BCUT2D eigenvalue weighted by molar-refractivity contribution is -0.925. The molecule has 3 rings (SSSR count). The topological polar surface area (TPSA) is 13.7 Å². The van der Waals surface area contributed by atoms with Gasteiger partial charge < -0.3 is 9.64 Å². The van der Waals surface area contributed by atoms with Crippen molar-refractivity contribution in [1.82, 2.24) is 0 Å². The molecule has 25 heavy (non-hydrogen) atoms. The summed E-state index contributed by atoms with van der Waals surface area (Å²) in [7, 11) is 0. The van der Waals surface area contributed by atoms with Gasteiger partial charge in [-0.2, -0.15) is 0 Å². The van der Waals surface area contributed by atoms with Gasteiger partial charge in [-0.25, -0.2) is 0 Å². The summed E-state index contributed by atoms with van der Waals surface area (Å²) in [5.74, 6) is 0.925. The van der Waals surface area contributed by atoms with Gasteiger partial charge in [-0.05, 0) is 36.8 Å². The van der Waals surface area contributed by atoms with Crippen LogP contribution in [-0.4, -0.2) is 6.54 Å². The molecule has 0 aliphatic rings. The summed E-state index contributed by atoms with van der Waals surface area (Å²) in [6, 6.07) is 29.5. The van der Waals surface area contributed by atoms with Crippen molar-refractivity contribution < 1.29 is 9.64 Å². The molecule has 3 aromatic rings. The Kier molecular flexibility index (Phi) is 6.24. The fraction of sp³-hybridized carbons (Fsp3) is 0.217. The molecule has 0 saturated carbocycles. The van der Waals surface area contributed by atoms with Gasteiger partial charge in [-0.15, -0.1) is 0 Å². The minimum Gasteiger partial charge on any atom is -0.489 e. The van der Waals surface area contributed by atoms with Crippen LogP contribution in [0.3, 0.4) is 0 Å². The SMILES string of the molecule is CC[NH+](Cc1ccccc1)Cc1ccc(OCc2ccccc2)cc1. The summed E-state index contributed by atoms with van der Waals surface area (Å²) < 4.78 is 5.87. The van der Waals surface area contributed by atoms with Crippen molar-refractivity contribution >= 4 is 0 Å². The smallest absolute Gasteiger partial charge is 0.119 e. The number of nitrogens with one attached hydrogen (secondary N) is 1. The second kappa shape index (κ2) is 9.05. The molecular formula is C23H26NO+. The number of rotatable bonds is 8. The quantitative estimate of drug-likeness (QED) is 0.661. The Morgan fingerprint density at radius 2 is 1.16 bits per heavy atom. The van der Waals surface area contributed by atoms with E-state index in [1.54, 1.807) is 4.90 Å². The molecule has 1 N–H and O–H groups in total. The number of benzene rings is 3. The second-order valence-electron chi connectivity index (χ2n) is 6.36. The molecule has 0 heterocycles. The average Bonchev–Trinajstić information content (AvgIpc) is 2.68. The van der Waals surface area contributed by atoms with Crippen molar-refractivity contribution in [1.29, 1.82) is 0 Å². The lowest BCUT2D eigenvalue weighted by Gasteiger charge is -2.18. The zero-order chi connectivity index (χ0) is 17.3. The molecule has 3 aromatic carbocycles. The molecule has 0 amide bonds. The van der Waals surface area contributed by atoms with E-state index in [4.69, 9.17) is 4.74 Å². The molecule has 1 unspecified atom stereocenters. The van der Waals surface area contributed by atoms with Crippen molar-refractivity contribution in [2.45, 2.75) is 26.6 Å². The monoisotopic (exact) mass is 332 g/mol. The highest BCUT2D eigenvalue weighted by molar-refractivity contribution is 5.27. The van der Waals surface area contributed by atoms with E-state index in [0.29, 0.717) is 6.61 Å². The second-order valence-corrected chi connectivity index (χ2v) is 6.36. The van der Waals surface area contributed by atoms with Crippen molar-refractivity contribution in [2.75, 3.05) is 6.54 Å². The fourth-order valence-corrected chi connectivity index (χ4v) is 2.93. The Bertz CT molecular complexity index is 738. The fourth-order valence-electron chi connectivity index (χ4n) is 2.93. The average molecular weight is 332 g/mol. The van der Waals surface area contributed by atoms with Crippen LogP contribution in [0, 0.1) is 0 Å². The molecule has 0 fully saturated rings. The van der Waals surface area contributed by atoms with E-state index >= 15 is 0 Å². The molecule has 0 saturated heterocycles. The van der Waals surface area contributed by atoms with E-state index < -0.39 is 0 Å². The lowest BCUT2D eigenvalue weighted by atomic mass is 10.1. The molecule has 0 spiro atoms. The Labute approximate surface area is 150 Å². The van der Waals surface area contributed by atoms with Crippen LogP contribution in [0.2, 0.25) is 0 Å². The van der Waals surface area contributed by atoms with E-state index in [-0.39, 0.29) is 0 Å². The molecule has 2 heteroatoms. The van der Waals surface area contributed by atoms with Crippen LogP contribution in [0.15, 0.2) is 84.9 Å². The highest BCUT2D eigenvalue weighted by Gasteiger charge is 2.08. The predicted octanol–water partition coefficient (Wildman–Crippen LogP) is 3.87. The highest BCUT2D eigenvalue weighted by atomic mass is 16.5. The van der Waals surface area contributed by atoms with Gasteiger partial charge in [0.1, 0.15) is 25.4 Å². The van der Waals surface area contributed by atoms with Gasteiger partial charge in [0.05, 0.1) is 6.54 Å². The standard InChI is InChI=1S/C23H25NO/c1-2-24(17-20-9-5-3-6-10-20)18-21-13-15-23(16-14-21)25-19-22-11-7-4-8-12-22/h3-16H,2,17-19H2,1H3/p+1. The number of quaternary nitrogens is 1. The first-order chi connectivity index (χ1) is 12.3. The Morgan fingerprint density at radius 3 is 1.72 bits per heavy atom. The van der Waals surface area contributed by atoms with Gasteiger partial charge in [0.15, 0.2) is 0 Å². The number of hydrogen-bond acceptors (Lipinski definition) is 1. The van der Waals surface area contributed by atoms with E-state index in [1.165, 1.54) is 16.7 Å². The highest BCUT2D eigenvalue weighted by Crippen LogP contribution is 2.14. The zero-order valence-corrected chi connectivity index (χ0v) is 14.8. The van der Waals surface area contributed by atoms with Gasteiger partial charge in [-0.3, -0.25) is 0 Å². The van der Waals surface area contributed by atoms with Gasteiger partial charge in [-0.1, -0.05) is 60.7 Å². The molecule has 0 bridgehead atoms. The molecular weight excluding hydrogens is 306 g/mol. The molecule has 0 aliphatic carbocycles. The van der Waals surface area contributed by atoms with Crippen LogP contribution >= 0.6 is 0 Å². The van der Waals surface area contributed by atoms with Crippen molar-refractivity contribution in [3.63, 3.8) is 0 Å². The van der Waals surface area contributed by atoms with E-state index in [0.717, 1.165) is 25.4 Å². The molecule has 0 aromatic heterocycles. The molecule has 0 radical (unpaired) electrons. The first-order valence-electron chi connectivity index (χ1n) is 8.96. The molecule has 1 atom stereocenters. The summed E-state index contributed by atoms with van der Waals surface area (Å²) in [4.78, 5) is 1.56. The molecule has 2 nitrogen and oxygen atoms in total. The third-order valence-corrected chi connectivity index (χ3v) is 4.42. The zero-order valence-electron chi connectivity index (χ0n) is 14.8. The van der Waals surface area contributed by atoms with Crippen LogP contribution in [0.25, 0.3) is 0 Å². The number of hydrogen-bond donors (Lipinski definition) is 1. The Balaban J connectivity index is 1.54. The van der Waals surface area contributed by atoms with Crippen LogP contribution in [0.5, 0.6) is 5.75 Å². The van der Waals surface area contributed by atoms with Crippen molar-refractivity contribution in [3.8, 4) is 5.75 Å². The molecule has 0 aliphatic heterocycles. The minimum atomic E-state index is 0.612. The van der Waals surface area contributed by atoms with E-state index in [1.807, 2.05) is 18.2 Å². The normalized spacial score (nSPS) is 11.9.